The Labute approximate surface area is 135 Å². The highest BCUT2D eigenvalue weighted by atomic mass is 79.9. The molecule has 0 aromatic heterocycles. The molecule has 6 heteroatoms. The van der Waals surface area contributed by atoms with Gasteiger partial charge in [-0.3, -0.25) is 0 Å². The Hall–Kier alpha value is -0.190. The van der Waals surface area contributed by atoms with Gasteiger partial charge < -0.3 is 13.9 Å². The molecule has 21 heavy (non-hydrogen) atoms. The van der Waals surface area contributed by atoms with Crippen LogP contribution in [0.25, 0.3) is 0 Å². The van der Waals surface area contributed by atoms with Gasteiger partial charge in [0, 0.05) is 24.8 Å². The van der Waals surface area contributed by atoms with Crippen LogP contribution >= 0.6 is 24.4 Å². The number of hydrogen-bond acceptors (Lipinski definition) is 4. The predicted molar refractivity (Wildman–Crippen MR) is 88.8 cm³/mol. The predicted octanol–water partition coefficient (Wildman–Crippen LogP) is 3.38. The van der Waals surface area contributed by atoms with Crippen LogP contribution in [0.1, 0.15) is 12.8 Å². The van der Waals surface area contributed by atoms with Crippen molar-refractivity contribution in [3.63, 3.8) is 0 Å². The average Bonchev–Trinajstić information content (AvgIpc) is 3.19. The summed E-state index contributed by atoms with van der Waals surface area (Å²) in [5.41, 5.74) is 1.28. The van der Waals surface area contributed by atoms with Crippen LogP contribution < -0.4 is 4.67 Å². The van der Waals surface area contributed by atoms with Gasteiger partial charge in [-0.05, 0) is 25.0 Å². The molecule has 4 atom stereocenters. The normalized spacial score (nSPS) is 36.3. The number of halogens is 1. The summed E-state index contributed by atoms with van der Waals surface area (Å²) in [4.78, 5) is 0.319. The topological polar surface area (TPSA) is 24.9 Å². The zero-order valence-electron chi connectivity index (χ0n) is 11.9. The Morgan fingerprint density at radius 1 is 1.24 bits per heavy atom. The third-order valence-electron chi connectivity index (χ3n) is 4.40. The molecule has 0 saturated carbocycles. The van der Waals surface area contributed by atoms with Crippen LogP contribution in [-0.2, 0) is 9.26 Å². The second kappa shape index (κ2) is 6.13. The molecule has 4 unspecified atom stereocenters. The second-order valence-corrected chi connectivity index (χ2v) is 8.72. The van der Waals surface area contributed by atoms with Gasteiger partial charge in [-0.25, -0.2) is 4.67 Å². The average molecular weight is 371 g/mol. The Kier molecular flexibility index (Phi) is 4.21. The highest BCUT2D eigenvalue weighted by Gasteiger charge is 2.46. The van der Waals surface area contributed by atoms with Gasteiger partial charge in [0.25, 0.3) is 0 Å². The minimum atomic E-state index is -0.706. The molecule has 3 heterocycles. The largest absolute Gasteiger partial charge is 0.377 e. The van der Waals surface area contributed by atoms with E-state index in [4.69, 9.17) is 9.26 Å². The first-order valence-corrected chi connectivity index (χ1v) is 9.69. The van der Waals surface area contributed by atoms with Gasteiger partial charge in [0.15, 0.2) is 0 Å². The summed E-state index contributed by atoms with van der Waals surface area (Å²) >= 11 is 3.68. The quantitative estimate of drug-likeness (QED) is 0.601. The minimum absolute atomic E-state index is 0.168. The molecule has 0 N–H and O–H groups in total. The van der Waals surface area contributed by atoms with E-state index < -0.39 is 8.45 Å². The van der Waals surface area contributed by atoms with E-state index >= 15 is 0 Å². The molecule has 0 aliphatic carbocycles. The van der Waals surface area contributed by atoms with Gasteiger partial charge in [0.2, 0.25) is 8.45 Å². The molecule has 0 radical (unpaired) electrons. The first-order valence-electron chi connectivity index (χ1n) is 7.61. The van der Waals surface area contributed by atoms with Crippen molar-refractivity contribution in [3.8, 4) is 0 Å². The van der Waals surface area contributed by atoms with Crippen molar-refractivity contribution < 1.29 is 9.26 Å². The fourth-order valence-corrected chi connectivity index (χ4v) is 6.30. The summed E-state index contributed by atoms with van der Waals surface area (Å²) < 4.78 is 17.1. The maximum atomic E-state index is 6.51. The van der Waals surface area contributed by atoms with E-state index in [2.05, 4.69) is 55.6 Å². The third-order valence-corrected chi connectivity index (χ3v) is 7.49. The molecule has 4 nitrogen and oxygen atoms in total. The Morgan fingerprint density at radius 2 is 2.10 bits per heavy atom. The molecule has 0 bridgehead atoms. The standard InChI is InChI=1S/C15H20BrN2O2P/c16-14-10-19-11-15(14)20-21-17-8-4-7-13(17)9-18(21)12-5-2-1-3-6-12/h1-3,5-6,13-15H,4,7-11H2. The van der Waals surface area contributed by atoms with Gasteiger partial charge >= 0.3 is 0 Å². The van der Waals surface area contributed by atoms with Crippen LogP contribution in [-0.4, -0.2) is 47.9 Å². The first-order chi connectivity index (χ1) is 10.3. The third kappa shape index (κ3) is 2.75. The monoisotopic (exact) mass is 370 g/mol. The number of fused-ring (bicyclic) bond motifs is 1. The number of ether oxygens (including phenoxy) is 1. The fourth-order valence-electron chi connectivity index (χ4n) is 3.29. The van der Waals surface area contributed by atoms with E-state index in [1.165, 1.54) is 25.1 Å². The Morgan fingerprint density at radius 3 is 2.86 bits per heavy atom. The zero-order valence-corrected chi connectivity index (χ0v) is 14.4. The molecule has 3 saturated heterocycles. The van der Waals surface area contributed by atoms with Crippen molar-refractivity contribution in [1.29, 1.82) is 0 Å². The molecule has 3 fully saturated rings. The molecule has 3 aliphatic heterocycles. The van der Waals surface area contributed by atoms with Crippen molar-refractivity contribution in [1.82, 2.24) is 4.67 Å². The highest BCUT2D eigenvalue weighted by molar-refractivity contribution is 9.09. The maximum Gasteiger partial charge on any atom is 0.218 e. The summed E-state index contributed by atoms with van der Waals surface area (Å²) in [5, 5.41) is 0. The minimum Gasteiger partial charge on any atom is -0.377 e. The van der Waals surface area contributed by atoms with E-state index in [0.717, 1.165) is 13.2 Å². The van der Waals surface area contributed by atoms with Gasteiger partial charge in [0.1, 0.15) is 6.10 Å². The van der Waals surface area contributed by atoms with E-state index in [9.17, 15) is 0 Å². The van der Waals surface area contributed by atoms with Crippen LogP contribution in [0.15, 0.2) is 30.3 Å². The molecule has 0 amide bonds. The summed E-state index contributed by atoms with van der Waals surface area (Å²) in [6.07, 6.45) is 2.76. The van der Waals surface area contributed by atoms with Crippen molar-refractivity contribution in [3.05, 3.63) is 30.3 Å². The number of anilines is 1. The molecule has 1 aromatic rings. The lowest BCUT2D eigenvalue weighted by molar-refractivity contribution is 0.145. The van der Waals surface area contributed by atoms with Crippen LogP contribution in [0.5, 0.6) is 0 Å². The van der Waals surface area contributed by atoms with E-state index in [0.29, 0.717) is 17.5 Å². The van der Waals surface area contributed by atoms with Crippen LogP contribution in [0, 0.1) is 0 Å². The number of hydrogen-bond donors (Lipinski definition) is 0. The van der Waals surface area contributed by atoms with E-state index in [-0.39, 0.29) is 6.10 Å². The lowest BCUT2D eigenvalue weighted by Crippen LogP contribution is -2.26. The number of para-hydroxylation sites is 1. The van der Waals surface area contributed by atoms with E-state index in [1.807, 2.05) is 0 Å². The lowest BCUT2D eigenvalue weighted by atomic mass is 10.2. The number of benzene rings is 1. The molecule has 114 valence electrons. The summed E-state index contributed by atoms with van der Waals surface area (Å²) in [6, 6.07) is 11.3. The zero-order chi connectivity index (χ0) is 14.2. The molecular weight excluding hydrogens is 351 g/mol. The van der Waals surface area contributed by atoms with E-state index in [1.54, 1.807) is 0 Å². The Balaban J connectivity index is 1.57. The fraction of sp³-hybridized carbons (Fsp3) is 0.600. The molecule has 1 aromatic carbocycles. The number of rotatable bonds is 3. The van der Waals surface area contributed by atoms with Crippen molar-refractivity contribution >= 4 is 30.1 Å². The molecule has 0 spiro atoms. The maximum absolute atomic E-state index is 6.51. The summed E-state index contributed by atoms with van der Waals surface area (Å²) in [5.74, 6) is 0. The smallest absolute Gasteiger partial charge is 0.218 e. The summed E-state index contributed by atoms with van der Waals surface area (Å²) in [7, 11) is -0.706. The second-order valence-electron chi connectivity index (χ2n) is 5.83. The lowest BCUT2D eigenvalue weighted by Gasteiger charge is -2.31. The van der Waals surface area contributed by atoms with Crippen molar-refractivity contribution in [2.75, 3.05) is 31.0 Å². The highest BCUT2D eigenvalue weighted by Crippen LogP contribution is 2.58. The SMILES string of the molecule is BrC1COCC1OP1N(c2ccccc2)CC2CCCN21. The van der Waals surface area contributed by atoms with Gasteiger partial charge in [-0.1, -0.05) is 34.1 Å². The van der Waals surface area contributed by atoms with Gasteiger partial charge in [-0.15, -0.1) is 0 Å². The van der Waals surface area contributed by atoms with Gasteiger partial charge in [0.05, 0.1) is 18.0 Å². The molecular formula is C15H20BrN2O2P. The number of nitrogens with zero attached hydrogens (tertiary/aromatic N) is 2. The number of alkyl halides is 1. The summed E-state index contributed by atoms with van der Waals surface area (Å²) in [6.45, 7) is 3.72. The van der Waals surface area contributed by atoms with Crippen LogP contribution in [0.4, 0.5) is 5.69 Å². The van der Waals surface area contributed by atoms with Crippen molar-refractivity contribution in [2.45, 2.75) is 29.8 Å². The molecule has 3 aliphatic rings. The van der Waals surface area contributed by atoms with Gasteiger partial charge in [-0.2, -0.15) is 0 Å². The Bertz CT molecular complexity index is 492. The van der Waals surface area contributed by atoms with Crippen LogP contribution in [0.2, 0.25) is 0 Å². The van der Waals surface area contributed by atoms with Crippen molar-refractivity contribution in [2.24, 2.45) is 0 Å². The first kappa shape index (κ1) is 14.4. The molecule has 4 rings (SSSR count). The van der Waals surface area contributed by atoms with Crippen LogP contribution in [0.3, 0.4) is 0 Å².